The number of carbonyl (C=O) groups excluding carboxylic acids is 1. The second-order valence-corrected chi connectivity index (χ2v) is 11.4. The van der Waals surface area contributed by atoms with Crippen LogP contribution in [0.5, 0.6) is 17.2 Å². The van der Waals surface area contributed by atoms with Gasteiger partial charge in [0.15, 0.2) is 5.75 Å². The molecule has 0 aliphatic rings. The summed E-state index contributed by atoms with van der Waals surface area (Å²) in [6, 6.07) is 17.4. The predicted octanol–water partition coefficient (Wildman–Crippen LogP) is 9.93. The SMILES string of the molecule is CCCCCCCCCOc1ccc(-c2ccc(OC(=O)c3cc([N+](=O)[O-])c(OC(C)CCCCCC)cc3N)cc2)cc1. The normalized spacial score (nSPS) is 11.6. The molecule has 1 unspecified atom stereocenters. The van der Waals surface area contributed by atoms with Crippen LogP contribution < -0.4 is 19.9 Å². The molecule has 0 aliphatic heterocycles. The van der Waals surface area contributed by atoms with E-state index in [1.165, 1.54) is 44.6 Å². The van der Waals surface area contributed by atoms with Crippen LogP contribution in [0.4, 0.5) is 11.4 Å². The molecule has 0 bridgehead atoms. The number of anilines is 1. The van der Waals surface area contributed by atoms with Gasteiger partial charge in [-0.05, 0) is 61.6 Å². The Morgan fingerprint density at radius 2 is 1.34 bits per heavy atom. The van der Waals surface area contributed by atoms with Crippen LogP contribution in [0.3, 0.4) is 0 Å². The van der Waals surface area contributed by atoms with Crippen molar-refractivity contribution in [1.29, 1.82) is 0 Å². The van der Waals surface area contributed by atoms with E-state index in [0.717, 1.165) is 68.1 Å². The van der Waals surface area contributed by atoms with Gasteiger partial charge < -0.3 is 19.9 Å². The van der Waals surface area contributed by atoms with Gasteiger partial charge in [0.05, 0.1) is 28.9 Å². The lowest BCUT2D eigenvalue weighted by atomic mass is 10.1. The van der Waals surface area contributed by atoms with Crippen molar-refractivity contribution in [3.8, 4) is 28.4 Å². The number of nitro benzene ring substituents is 1. The Morgan fingerprint density at radius 1 is 0.795 bits per heavy atom. The average molecular weight is 605 g/mol. The highest BCUT2D eigenvalue weighted by Gasteiger charge is 2.24. The number of nitro groups is 1. The number of nitrogens with two attached hydrogens (primary N) is 1. The first-order chi connectivity index (χ1) is 21.3. The van der Waals surface area contributed by atoms with E-state index in [0.29, 0.717) is 5.75 Å². The second kappa shape index (κ2) is 18.6. The molecule has 3 rings (SSSR count). The topological polar surface area (TPSA) is 114 Å². The molecule has 0 saturated carbocycles. The van der Waals surface area contributed by atoms with Gasteiger partial charge in [0.2, 0.25) is 0 Å². The van der Waals surface area contributed by atoms with Crippen molar-refractivity contribution in [2.45, 2.75) is 104 Å². The Kier molecular flexibility index (Phi) is 14.5. The molecule has 0 aromatic heterocycles. The molecule has 0 radical (unpaired) electrons. The van der Waals surface area contributed by atoms with Gasteiger partial charge in [-0.3, -0.25) is 10.1 Å². The fourth-order valence-electron chi connectivity index (χ4n) is 5.00. The van der Waals surface area contributed by atoms with E-state index in [2.05, 4.69) is 13.8 Å². The number of benzene rings is 3. The summed E-state index contributed by atoms with van der Waals surface area (Å²) in [4.78, 5) is 24.2. The van der Waals surface area contributed by atoms with E-state index in [-0.39, 0.29) is 28.8 Å². The third-order valence-corrected chi connectivity index (χ3v) is 7.61. The zero-order chi connectivity index (χ0) is 31.7. The van der Waals surface area contributed by atoms with E-state index >= 15 is 0 Å². The molecule has 238 valence electrons. The molecule has 3 aromatic carbocycles. The molecular weight excluding hydrogens is 556 g/mol. The van der Waals surface area contributed by atoms with Gasteiger partial charge in [-0.1, -0.05) is 95.9 Å². The lowest BCUT2D eigenvalue weighted by molar-refractivity contribution is -0.386. The molecule has 0 saturated heterocycles. The van der Waals surface area contributed by atoms with Crippen molar-refractivity contribution in [3.63, 3.8) is 0 Å². The maximum absolute atomic E-state index is 12.9. The van der Waals surface area contributed by atoms with Crippen LogP contribution in [-0.2, 0) is 0 Å². The third kappa shape index (κ3) is 11.2. The Bertz CT molecular complexity index is 1310. The van der Waals surface area contributed by atoms with Crippen LogP contribution in [-0.4, -0.2) is 23.6 Å². The Labute approximate surface area is 262 Å². The van der Waals surface area contributed by atoms with Crippen LogP contribution in [0.15, 0.2) is 60.7 Å². The van der Waals surface area contributed by atoms with E-state index < -0.39 is 10.9 Å². The van der Waals surface area contributed by atoms with Crippen LogP contribution in [0, 0.1) is 10.1 Å². The first-order valence-electron chi connectivity index (χ1n) is 16.1. The highest BCUT2D eigenvalue weighted by molar-refractivity contribution is 5.97. The van der Waals surface area contributed by atoms with E-state index in [1.54, 1.807) is 12.1 Å². The monoisotopic (exact) mass is 604 g/mol. The third-order valence-electron chi connectivity index (χ3n) is 7.61. The Balaban J connectivity index is 1.55. The average Bonchev–Trinajstić information content (AvgIpc) is 3.01. The van der Waals surface area contributed by atoms with Gasteiger partial charge in [0.1, 0.15) is 11.5 Å². The molecule has 1 atom stereocenters. The van der Waals surface area contributed by atoms with Gasteiger partial charge >= 0.3 is 11.7 Å². The largest absolute Gasteiger partial charge is 0.494 e. The number of unbranched alkanes of at least 4 members (excludes halogenated alkanes) is 9. The first kappa shape index (κ1) is 34.4. The summed E-state index contributed by atoms with van der Waals surface area (Å²) < 4.78 is 17.3. The van der Waals surface area contributed by atoms with E-state index in [4.69, 9.17) is 19.9 Å². The Hall–Kier alpha value is -4.07. The summed E-state index contributed by atoms with van der Waals surface area (Å²) in [5, 5.41) is 11.8. The second-order valence-electron chi connectivity index (χ2n) is 11.4. The molecule has 0 spiro atoms. The standard InChI is InChI=1S/C36H48N2O6/c1-4-6-8-10-11-12-14-24-42-30-20-16-28(17-21-30)29-18-22-31(23-19-29)44-36(39)32-25-34(38(40)41)35(26-33(32)37)43-27(3)15-13-9-7-5-2/h16-23,25-27H,4-15,24,37H2,1-3H3. The smallest absolute Gasteiger partial charge is 0.345 e. The van der Waals surface area contributed by atoms with Crippen molar-refractivity contribution in [3.05, 3.63) is 76.3 Å². The quantitative estimate of drug-likeness (QED) is 0.0341. The number of carbonyl (C=O) groups is 1. The maximum atomic E-state index is 12.9. The van der Waals surface area contributed by atoms with Crippen molar-refractivity contribution in [2.75, 3.05) is 12.3 Å². The molecule has 0 fully saturated rings. The highest BCUT2D eigenvalue weighted by atomic mass is 16.6. The van der Waals surface area contributed by atoms with Crippen LogP contribution in [0.2, 0.25) is 0 Å². The maximum Gasteiger partial charge on any atom is 0.345 e. The summed E-state index contributed by atoms with van der Waals surface area (Å²) in [7, 11) is 0. The molecule has 8 heteroatoms. The molecule has 0 heterocycles. The predicted molar refractivity (Wildman–Crippen MR) is 177 cm³/mol. The lowest BCUT2D eigenvalue weighted by Crippen LogP contribution is -2.15. The summed E-state index contributed by atoms with van der Waals surface area (Å²) in [5.74, 6) is 0.414. The first-order valence-corrected chi connectivity index (χ1v) is 16.1. The van der Waals surface area contributed by atoms with E-state index in [1.807, 2.05) is 43.3 Å². The number of ether oxygens (including phenoxy) is 3. The minimum absolute atomic E-state index is 0.0469. The highest BCUT2D eigenvalue weighted by Crippen LogP contribution is 2.34. The van der Waals surface area contributed by atoms with Gasteiger partial charge in [-0.15, -0.1) is 0 Å². The number of nitrogen functional groups attached to an aromatic ring is 1. The van der Waals surface area contributed by atoms with Crippen LogP contribution in [0.1, 0.15) is 108 Å². The molecule has 8 nitrogen and oxygen atoms in total. The van der Waals surface area contributed by atoms with Crippen molar-refractivity contribution < 1.29 is 23.9 Å². The van der Waals surface area contributed by atoms with Gasteiger partial charge in [0, 0.05) is 12.1 Å². The molecule has 0 aliphatic carbocycles. The minimum atomic E-state index is -0.778. The van der Waals surface area contributed by atoms with Crippen molar-refractivity contribution in [1.82, 2.24) is 0 Å². The summed E-state index contributed by atoms with van der Waals surface area (Å²) in [6.45, 7) is 6.96. The minimum Gasteiger partial charge on any atom is -0.494 e. The molecule has 44 heavy (non-hydrogen) atoms. The van der Waals surface area contributed by atoms with Gasteiger partial charge in [-0.2, -0.15) is 0 Å². The molecule has 0 amide bonds. The van der Waals surface area contributed by atoms with Crippen molar-refractivity contribution in [2.24, 2.45) is 0 Å². The molecular formula is C36H48N2O6. The lowest BCUT2D eigenvalue weighted by Gasteiger charge is -2.16. The van der Waals surface area contributed by atoms with Gasteiger partial charge in [0.25, 0.3) is 0 Å². The zero-order valence-electron chi connectivity index (χ0n) is 26.5. The molecule has 3 aromatic rings. The fraction of sp³-hybridized carbons (Fsp3) is 0.472. The van der Waals surface area contributed by atoms with E-state index in [9.17, 15) is 14.9 Å². The van der Waals surface area contributed by atoms with Crippen molar-refractivity contribution >= 4 is 17.3 Å². The number of rotatable bonds is 20. The summed E-state index contributed by atoms with van der Waals surface area (Å²) in [6.07, 6.45) is 13.6. The summed E-state index contributed by atoms with van der Waals surface area (Å²) >= 11 is 0. The molecule has 2 N–H and O–H groups in total. The van der Waals surface area contributed by atoms with Gasteiger partial charge in [-0.25, -0.2) is 4.79 Å². The number of hydrogen-bond donors (Lipinski definition) is 1. The fourth-order valence-corrected chi connectivity index (χ4v) is 5.00. The number of esters is 1. The van der Waals surface area contributed by atoms with Crippen LogP contribution >= 0.6 is 0 Å². The number of hydrogen-bond acceptors (Lipinski definition) is 7. The zero-order valence-corrected chi connectivity index (χ0v) is 26.5. The van der Waals surface area contributed by atoms with Crippen LogP contribution in [0.25, 0.3) is 11.1 Å². The number of nitrogens with zero attached hydrogens (tertiary/aromatic N) is 1. The Morgan fingerprint density at radius 3 is 1.93 bits per heavy atom. The summed E-state index contributed by atoms with van der Waals surface area (Å²) in [5.41, 5.74) is 7.72.